The van der Waals surface area contributed by atoms with Crippen molar-refractivity contribution in [3.05, 3.63) is 87.9 Å². The number of fused-ring (bicyclic) bond motifs is 1. The van der Waals surface area contributed by atoms with E-state index in [9.17, 15) is 0 Å². The van der Waals surface area contributed by atoms with Crippen LogP contribution in [0.4, 0.5) is 4.39 Å². The van der Waals surface area contributed by atoms with Gasteiger partial charge < -0.3 is 9.13 Å². The number of nitrogens with zero attached hydrogens (tertiary/aromatic N) is 2. The van der Waals surface area contributed by atoms with Crippen LogP contribution in [0.2, 0.25) is 0 Å². The number of hydrogen-bond acceptors (Lipinski definition) is 6. The Bertz CT molecular complexity index is 3030. The fourth-order valence-electron chi connectivity index (χ4n) is 14.1. The lowest BCUT2D eigenvalue weighted by Crippen LogP contribution is -2.28. The second kappa shape index (κ2) is 45.9. The fourth-order valence-corrected chi connectivity index (χ4v) is 19.8. The molecule has 0 N–H and O–H groups in total. The Kier molecular flexibility index (Phi) is 39.2. The van der Waals surface area contributed by atoms with E-state index in [2.05, 4.69) is 111 Å². The first-order chi connectivity index (χ1) is 44.6. The van der Waals surface area contributed by atoms with Gasteiger partial charge >= 0.3 is 0 Å². The highest BCUT2D eigenvalue weighted by Crippen LogP contribution is 2.48. The molecule has 10 heteroatoms. The van der Waals surface area contributed by atoms with E-state index in [1.165, 1.54) is 283 Å². The molecule has 6 aromatic rings. The van der Waals surface area contributed by atoms with Crippen LogP contribution in [-0.4, -0.2) is 9.13 Å². The molecular formula is C81H126FIN2O2S4. The fraction of sp³-hybridized carbons (Fsp3) is 0.704. The number of hydrogen-bond donors (Lipinski definition) is 0. The Morgan fingerprint density at radius 1 is 0.396 bits per heavy atom. The van der Waals surface area contributed by atoms with E-state index in [1.54, 1.807) is 40.1 Å². The van der Waals surface area contributed by atoms with Crippen molar-refractivity contribution in [2.45, 2.75) is 357 Å². The van der Waals surface area contributed by atoms with Gasteiger partial charge in [-0.25, -0.2) is 4.39 Å². The number of aryl methyl sites for hydroxylation is 3. The molecular weight excluding hydrogens is 1310 g/mol. The lowest BCUT2D eigenvalue weighted by molar-refractivity contribution is 0.400. The van der Waals surface area contributed by atoms with Gasteiger partial charge in [0.15, 0.2) is 0 Å². The molecule has 91 heavy (non-hydrogen) atoms. The molecule has 510 valence electrons. The van der Waals surface area contributed by atoms with Crippen LogP contribution in [0.25, 0.3) is 51.4 Å². The van der Waals surface area contributed by atoms with Crippen LogP contribution in [-0.2, 0) is 25.9 Å². The lowest BCUT2D eigenvalue weighted by Gasteiger charge is -2.18. The average molecular weight is 1430 g/mol. The molecule has 6 rings (SSSR count). The monoisotopic (exact) mass is 1430 g/mol. The van der Waals surface area contributed by atoms with Crippen molar-refractivity contribution in [1.82, 2.24) is 9.13 Å². The summed E-state index contributed by atoms with van der Waals surface area (Å²) in [6.45, 7) is 17.3. The quantitative estimate of drug-likeness (QED) is 0.0282. The van der Waals surface area contributed by atoms with Crippen LogP contribution in [0.15, 0.2) is 51.4 Å². The predicted molar refractivity (Wildman–Crippen MR) is 415 cm³/mol. The van der Waals surface area contributed by atoms with E-state index in [0.717, 1.165) is 84.6 Å². The normalized spacial score (nSPS) is 12.6. The van der Waals surface area contributed by atoms with Crippen LogP contribution in [0.3, 0.4) is 0 Å². The Morgan fingerprint density at radius 3 is 1.12 bits per heavy atom. The van der Waals surface area contributed by atoms with Crippen molar-refractivity contribution in [3.63, 3.8) is 0 Å². The third-order valence-corrected chi connectivity index (χ3v) is 25.7. The molecule has 0 aromatic carbocycles. The molecule has 6 heterocycles. The van der Waals surface area contributed by atoms with Gasteiger partial charge in [0.2, 0.25) is 0 Å². The summed E-state index contributed by atoms with van der Waals surface area (Å²) in [4.78, 5) is 39.2. The minimum atomic E-state index is -0.156. The molecule has 4 nitrogen and oxygen atoms in total. The molecule has 0 amide bonds. The summed E-state index contributed by atoms with van der Waals surface area (Å²) >= 11 is 9.18. The van der Waals surface area contributed by atoms with Gasteiger partial charge in [-0.3, -0.25) is 9.59 Å². The van der Waals surface area contributed by atoms with Gasteiger partial charge in [0.1, 0.15) is 5.82 Å². The second-order valence-electron chi connectivity index (χ2n) is 27.7. The van der Waals surface area contributed by atoms with Crippen molar-refractivity contribution < 1.29 is 4.39 Å². The van der Waals surface area contributed by atoms with Crippen molar-refractivity contribution >= 4 is 79.0 Å². The van der Waals surface area contributed by atoms with Crippen LogP contribution < -0.4 is 11.1 Å². The SMILES string of the molecule is CCCCCCCCCCC(CCCCCCCC)Cc1cc(-c2cc3c(cc(-c4cc(CC(CCCCCCCC)CCCCCCCCCC)c(-c5cc(I)c(-c6sccc6F)s5)s4)c(=O)n3CCCCCCCC)n(CCCCCCCC)c2=O)sc1C. The Balaban J connectivity index is 1.46. The van der Waals surface area contributed by atoms with E-state index < -0.39 is 0 Å². The van der Waals surface area contributed by atoms with Crippen molar-refractivity contribution in [1.29, 1.82) is 0 Å². The standard InChI is InChI=1S/C81H126FIN2O2S4/c1-8-14-20-26-32-34-38-44-49-64(48-42-36-28-22-16-10-3)56-66-58-74(89-63(66)7)68-60-72-73(84(80(68)86)53-46-40-30-24-18-12-5)61-69(81(87)85(72)54-47-41-31-25-19-13-6)75-59-67(77(90-75)76-62-71(83)79(91-76)78-70(82)52-55-88-78)57-65(50-43-37-29-23-17-11-4)51-45-39-35-33-27-21-15-9-2/h52,55,58-62,64-65H,8-51,53-54,56-57H2,1-7H3. The van der Waals surface area contributed by atoms with Gasteiger partial charge in [0.05, 0.1) is 31.9 Å². The largest absolute Gasteiger partial charge is 0.306 e. The number of rotatable bonds is 54. The molecule has 0 fully saturated rings. The molecule has 0 spiro atoms. The topological polar surface area (TPSA) is 44.0 Å². The summed E-state index contributed by atoms with van der Waals surface area (Å²) in [6, 6.07) is 13.0. The predicted octanol–water partition coefficient (Wildman–Crippen LogP) is 28.7. The Morgan fingerprint density at radius 2 is 0.736 bits per heavy atom. The number of thiophene rings is 4. The number of pyridine rings is 2. The zero-order valence-corrected chi connectivity index (χ0v) is 64.2. The summed E-state index contributed by atoms with van der Waals surface area (Å²) in [5, 5.41) is 1.86. The highest BCUT2D eigenvalue weighted by molar-refractivity contribution is 14.1. The van der Waals surface area contributed by atoms with E-state index in [0.29, 0.717) is 35.4 Å². The Hall–Kier alpha value is -2.38. The third kappa shape index (κ3) is 26.5. The zero-order valence-electron chi connectivity index (χ0n) is 58.7. The maximum atomic E-state index is 16.0. The summed E-state index contributed by atoms with van der Waals surface area (Å²) in [5.41, 5.74) is 6.16. The minimum Gasteiger partial charge on any atom is -0.306 e. The second-order valence-corrected chi connectivity index (χ2v) is 33.1. The average Bonchev–Trinajstić information content (AvgIpc) is 1.70. The van der Waals surface area contributed by atoms with Gasteiger partial charge in [-0.15, -0.1) is 45.3 Å². The molecule has 2 atom stereocenters. The first-order valence-corrected chi connectivity index (χ1v) is 42.5. The van der Waals surface area contributed by atoms with Crippen LogP contribution in [0, 0.1) is 28.1 Å². The third-order valence-electron chi connectivity index (χ3n) is 19.8. The van der Waals surface area contributed by atoms with Crippen molar-refractivity contribution in [2.75, 3.05) is 0 Å². The summed E-state index contributed by atoms with van der Waals surface area (Å²) in [5.74, 6) is 1.05. The molecule has 0 saturated carbocycles. The lowest BCUT2D eigenvalue weighted by atomic mass is 9.88. The van der Waals surface area contributed by atoms with Crippen molar-refractivity contribution in [2.24, 2.45) is 11.8 Å². The van der Waals surface area contributed by atoms with E-state index >= 15 is 14.0 Å². The van der Waals surface area contributed by atoms with Gasteiger partial charge in [-0.2, -0.15) is 0 Å². The van der Waals surface area contributed by atoms with Gasteiger partial charge in [0.25, 0.3) is 11.1 Å². The molecule has 6 aromatic heterocycles. The van der Waals surface area contributed by atoms with E-state index in [1.807, 2.05) is 5.38 Å². The van der Waals surface area contributed by atoms with E-state index in [-0.39, 0.29) is 16.9 Å². The first kappa shape index (κ1) is 77.6. The molecule has 0 aliphatic carbocycles. The van der Waals surface area contributed by atoms with Gasteiger partial charge in [-0.1, -0.05) is 311 Å². The summed E-state index contributed by atoms with van der Waals surface area (Å²) < 4.78 is 20.8. The Labute approximate surface area is 584 Å². The highest BCUT2D eigenvalue weighted by atomic mass is 127. The van der Waals surface area contributed by atoms with Crippen LogP contribution in [0.5, 0.6) is 0 Å². The zero-order chi connectivity index (χ0) is 64.8. The maximum Gasteiger partial charge on any atom is 0.259 e. The summed E-state index contributed by atoms with van der Waals surface area (Å²) in [6.07, 6.45) is 57.9. The molecule has 0 aliphatic heterocycles. The van der Waals surface area contributed by atoms with Crippen LogP contribution in [0.1, 0.15) is 340 Å². The van der Waals surface area contributed by atoms with Gasteiger partial charge in [-0.05, 0) is 120 Å². The molecule has 0 aliphatic rings. The maximum absolute atomic E-state index is 16.0. The van der Waals surface area contributed by atoms with Gasteiger partial charge in [0, 0.05) is 41.0 Å². The highest BCUT2D eigenvalue weighted by Gasteiger charge is 2.26. The number of unbranched alkanes of at least 4 members (excludes halogenated alkanes) is 34. The number of aromatic nitrogens is 2. The smallest absolute Gasteiger partial charge is 0.259 e. The van der Waals surface area contributed by atoms with Crippen molar-refractivity contribution in [3.8, 4) is 40.4 Å². The molecule has 2 unspecified atom stereocenters. The van der Waals surface area contributed by atoms with E-state index in [4.69, 9.17) is 0 Å². The molecule has 0 saturated heterocycles. The molecule has 0 bridgehead atoms. The minimum absolute atomic E-state index is 0.0577. The van der Waals surface area contributed by atoms with Crippen LogP contribution >= 0.6 is 67.9 Å². The first-order valence-electron chi connectivity index (χ1n) is 38.1. The number of halogens is 2. The molecule has 0 radical (unpaired) electrons. The summed E-state index contributed by atoms with van der Waals surface area (Å²) in [7, 11) is 0.